The second-order valence-electron chi connectivity index (χ2n) is 8.31. The van der Waals surface area contributed by atoms with Crippen LogP contribution in [0.3, 0.4) is 0 Å². The zero-order valence-corrected chi connectivity index (χ0v) is 17.5. The molecule has 1 heterocycles. The van der Waals surface area contributed by atoms with Gasteiger partial charge in [0.25, 0.3) is 0 Å². The van der Waals surface area contributed by atoms with E-state index < -0.39 is 16.8 Å². The van der Waals surface area contributed by atoms with Crippen molar-refractivity contribution >= 4 is 11.2 Å². The van der Waals surface area contributed by atoms with Crippen LogP contribution in [0, 0.1) is 13.8 Å². The average molecular weight is 400 g/mol. The molecule has 2 aromatic carbocycles. The topological polar surface area (TPSA) is 78.5 Å². The molecule has 0 radical (unpaired) electrons. The molecule has 4 rings (SSSR count). The molecule has 5 heteroatoms. The summed E-state index contributed by atoms with van der Waals surface area (Å²) in [5.41, 5.74) is 12.9. The third-order valence-corrected chi connectivity index (χ3v) is 7.51. The van der Waals surface area contributed by atoms with E-state index >= 15 is 0 Å². The number of aryl methyl sites for hydroxylation is 2. The Morgan fingerprint density at radius 2 is 1.89 bits per heavy atom. The minimum atomic E-state index is -0.870. The predicted octanol–water partition coefficient (Wildman–Crippen LogP) is 3.57. The Bertz CT molecular complexity index is 851. The van der Waals surface area contributed by atoms with E-state index in [1.807, 2.05) is 0 Å². The SMILES string of the molecule is Cc1cc(OCC2(O)CC[S+]([O-])CC2)cc(C)c1-c1cccc2c1CC[C@H]2N. The Hall–Kier alpha value is -1.53. The van der Waals surface area contributed by atoms with Gasteiger partial charge in [0.15, 0.2) is 0 Å². The summed E-state index contributed by atoms with van der Waals surface area (Å²) < 4.78 is 17.5. The highest BCUT2D eigenvalue weighted by atomic mass is 32.2. The minimum Gasteiger partial charge on any atom is -0.616 e. The van der Waals surface area contributed by atoms with Gasteiger partial charge < -0.3 is 20.1 Å². The van der Waals surface area contributed by atoms with Crippen LogP contribution in [0.25, 0.3) is 11.1 Å². The molecule has 1 aliphatic heterocycles. The van der Waals surface area contributed by atoms with E-state index in [1.165, 1.54) is 33.4 Å². The van der Waals surface area contributed by atoms with Crippen LogP contribution >= 0.6 is 0 Å². The van der Waals surface area contributed by atoms with Crippen molar-refractivity contribution in [2.45, 2.75) is 51.2 Å². The standard InChI is InChI=1S/C23H29NO3S/c1-15-12-17(27-14-23(25)8-10-28(26)11-9-23)13-16(2)22(15)20-5-3-4-19-18(20)6-7-21(19)24/h3-5,12-13,21,25H,6-11,14,24H2,1-2H3/t21-,23?,28?/m1/s1. The van der Waals surface area contributed by atoms with Crippen LogP contribution in [0.4, 0.5) is 0 Å². The van der Waals surface area contributed by atoms with Crippen LogP contribution in [0.2, 0.25) is 0 Å². The number of aliphatic hydroxyl groups is 1. The number of ether oxygens (including phenoxy) is 1. The van der Waals surface area contributed by atoms with Gasteiger partial charge in [0, 0.05) is 18.9 Å². The van der Waals surface area contributed by atoms with E-state index in [4.69, 9.17) is 10.5 Å². The largest absolute Gasteiger partial charge is 0.616 e. The second kappa shape index (κ2) is 7.71. The average Bonchev–Trinajstić information content (AvgIpc) is 3.04. The smallest absolute Gasteiger partial charge is 0.120 e. The van der Waals surface area contributed by atoms with E-state index in [9.17, 15) is 9.66 Å². The van der Waals surface area contributed by atoms with E-state index in [2.05, 4.69) is 44.2 Å². The highest BCUT2D eigenvalue weighted by Crippen LogP contribution is 2.40. The fraction of sp³-hybridized carbons (Fsp3) is 0.478. The third kappa shape index (κ3) is 3.81. The van der Waals surface area contributed by atoms with E-state index in [0.29, 0.717) is 24.3 Å². The first-order valence-corrected chi connectivity index (χ1v) is 11.5. The normalized spacial score (nSPS) is 26.9. The van der Waals surface area contributed by atoms with Gasteiger partial charge >= 0.3 is 0 Å². The van der Waals surface area contributed by atoms with Gasteiger partial charge in [-0.15, -0.1) is 0 Å². The van der Waals surface area contributed by atoms with Gasteiger partial charge in [0.05, 0.1) is 0 Å². The van der Waals surface area contributed by atoms with E-state index in [0.717, 1.165) is 18.6 Å². The lowest BCUT2D eigenvalue weighted by molar-refractivity contribution is -0.0128. The van der Waals surface area contributed by atoms with Gasteiger partial charge in [-0.05, 0) is 72.2 Å². The number of benzene rings is 2. The van der Waals surface area contributed by atoms with Crippen LogP contribution in [-0.2, 0) is 17.6 Å². The maximum atomic E-state index is 11.5. The van der Waals surface area contributed by atoms with Crippen LogP contribution in [0.15, 0.2) is 30.3 Å². The van der Waals surface area contributed by atoms with Crippen molar-refractivity contribution < 1.29 is 14.4 Å². The summed E-state index contributed by atoms with van der Waals surface area (Å²) in [6, 6.07) is 10.7. The van der Waals surface area contributed by atoms with Gasteiger partial charge in [-0.1, -0.05) is 29.4 Å². The molecule has 3 N–H and O–H groups in total. The molecule has 1 fully saturated rings. The highest BCUT2D eigenvalue weighted by molar-refractivity contribution is 7.91. The molecule has 4 nitrogen and oxygen atoms in total. The molecule has 0 aromatic heterocycles. The summed E-state index contributed by atoms with van der Waals surface area (Å²) >= 11 is -0.794. The zero-order chi connectivity index (χ0) is 19.9. The summed E-state index contributed by atoms with van der Waals surface area (Å²) in [6.45, 7) is 4.47. The molecule has 2 aromatic rings. The minimum absolute atomic E-state index is 0.142. The molecule has 0 saturated carbocycles. The summed E-state index contributed by atoms with van der Waals surface area (Å²) in [5, 5.41) is 10.7. The summed E-state index contributed by atoms with van der Waals surface area (Å²) in [6.07, 6.45) is 3.10. The van der Waals surface area contributed by atoms with Crippen molar-refractivity contribution in [3.8, 4) is 16.9 Å². The van der Waals surface area contributed by atoms with Crippen LogP contribution in [-0.4, -0.2) is 33.4 Å². The molecule has 2 aliphatic rings. The van der Waals surface area contributed by atoms with Gasteiger partial charge in [-0.2, -0.15) is 0 Å². The molecular formula is C23H29NO3S. The Morgan fingerprint density at radius 3 is 2.57 bits per heavy atom. The summed E-state index contributed by atoms with van der Waals surface area (Å²) in [4.78, 5) is 0. The fourth-order valence-electron chi connectivity index (χ4n) is 4.55. The number of nitrogens with two attached hydrogens (primary N) is 1. The van der Waals surface area contributed by atoms with Gasteiger partial charge in [-0.3, -0.25) is 0 Å². The first-order chi connectivity index (χ1) is 13.4. The van der Waals surface area contributed by atoms with Crippen molar-refractivity contribution in [1.29, 1.82) is 0 Å². The Balaban J connectivity index is 1.57. The molecule has 1 saturated heterocycles. The molecule has 1 atom stereocenters. The molecule has 0 spiro atoms. The lowest BCUT2D eigenvalue weighted by Crippen LogP contribution is -2.43. The van der Waals surface area contributed by atoms with Crippen LogP contribution in [0.1, 0.15) is 47.6 Å². The van der Waals surface area contributed by atoms with Crippen molar-refractivity contribution in [2.75, 3.05) is 18.1 Å². The van der Waals surface area contributed by atoms with Crippen molar-refractivity contribution in [2.24, 2.45) is 5.73 Å². The molecule has 0 unspecified atom stereocenters. The predicted molar refractivity (Wildman–Crippen MR) is 114 cm³/mol. The van der Waals surface area contributed by atoms with Crippen molar-refractivity contribution in [1.82, 2.24) is 0 Å². The first-order valence-electron chi connectivity index (χ1n) is 10.1. The monoisotopic (exact) mass is 399 g/mol. The van der Waals surface area contributed by atoms with Crippen LogP contribution < -0.4 is 10.5 Å². The third-order valence-electron chi connectivity index (χ3n) is 6.19. The Kier molecular flexibility index (Phi) is 5.45. The van der Waals surface area contributed by atoms with Gasteiger partial charge in [0.1, 0.15) is 29.5 Å². The molecule has 0 bridgehead atoms. The number of fused-ring (bicyclic) bond motifs is 1. The zero-order valence-electron chi connectivity index (χ0n) is 16.7. The van der Waals surface area contributed by atoms with Crippen LogP contribution in [0.5, 0.6) is 5.75 Å². The van der Waals surface area contributed by atoms with Crippen molar-refractivity contribution in [3.05, 3.63) is 52.6 Å². The molecule has 150 valence electrons. The number of rotatable bonds is 4. The fourth-order valence-corrected chi connectivity index (χ4v) is 5.97. The number of hydrogen-bond donors (Lipinski definition) is 2. The van der Waals surface area contributed by atoms with E-state index in [-0.39, 0.29) is 12.6 Å². The lowest BCUT2D eigenvalue weighted by atomic mass is 9.90. The maximum Gasteiger partial charge on any atom is 0.120 e. The maximum absolute atomic E-state index is 11.5. The molecular weight excluding hydrogens is 370 g/mol. The van der Waals surface area contributed by atoms with E-state index in [1.54, 1.807) is 0 Å². The molecule has 28 heavy (non-hydrogen) atoms. The number of hydrogen-bond acceptors (Lipinski definition) is 4. The molecule has 0 amide bonds. The first kappa shape index (κ1) is 19.8. The Labute approximate surface area is 170 Å². The summed E-state index contributed by atoms with van der Waals surface area (Å²) in [5.74, 6) is 1.89. The quantitative estimate of drug-likeness (QED) is 0.771. The molecule has 1 aliphatic carbocycles. The summed E-state index contributed by atoms with van der Waals surface area (Å²) in [7, 11) is 0. The highest BCUT2D eigenvalue weighted by Gasteiger charge is 2.35. The van der Waals surface area contributed by atoms with Gasteiger partial charge in [-0.25, -0.2) is 0 Å². The lowest BCUT2D eigenvalue weighted by Gasteiger charge is -2.32. The van der Waals surface area contributed by atoms with Gasteiger partial charge in [0.2, 0.25) is 0 Å². The van der Waals surface area contributed by atoms with Crippen molar-refractivity contribution in [3.63, 3.8) is 0 Å². The second-order valence-corrected chi connectivity index (χ2v) is 10.0. The Morgan fingerprint density at radius 1 is 1.21 bits per heavy atom.